The van der Waals surface area contributed by atoms with Crippen LogP contribution in [-0.2, 0) is 18.9 Å². The third kappa shape index (κ3) is 7.70. The fraction of sp³-hybridized carbons (Fsp3) is 1.00. The molecule has 1 N–H and O–H groups in total. The summed E-state index contributed by atoms with van der Waals surface area (Å²) in [5, 5.41) is 2.97. The molecule has 0 aromatic carbocycles. The molecule has 92 valence electrons. The average Bonchev–Trinajstić information content (AvgIpc) is 2.19. The van der Waals surface area contributed by atoms with Gasteiger partial charge in [0.15, 0.2) is 0 Å². The van der Waals surface area contributed by atoms with Crippen molar-refractivity contribution < 1.29 is 18.9 Å². The summed E-state index contributed by atoms with van der Waals surface area (Å²) in [5.74, 6) is 0. The van der Waals surface area contributed by atoms with Gasteiger partial charge >= 0.3 is 0 Å². The van der Waals surface area contributed by atoms with E-state index >= 15 is 0 Å². The van der Waals surface area contributed by atoms with Crippen LogP contribution in [0, 0.1) is 0 Å². The smallest absolute Gasteiger partial charge is 0.219 e. The van der Waals surface area contributed by atoms with Crippen molar-refractivity contribution in [1.82, 2.24) is 5.32 Å². The van der Waals surface area contributed by atoms with Crippen LogP contribution in [0.4, 0.5) is 0 Å². The predicted octanol–water partition coefficient (Wildman–Crippen LogP) is 1.29. The Bertz CT molecular complexity index is 109. The number of hydrogen-bond donors (Lipinski definition) is 1. The molecule has 0 aromatic rings. The summed E-state index contributed by atoms with van der Waals surface area (Å²) in [5.41, 5.74) is 0. The van der Waals surface area contributed by atoms with Gasteiger partial charge in [0.25, 0.3) is 0 Å². The molecular weight excluding hydrogens is 198 g/mol. The van der Waals surface area contributed by atoms with E-state index in [9.17, 15) is 0 Å². The fourth-order valence-corrected chi connectivity index (χ4v) is 1.01. The monoisotopic (exact) mass is 221 g/mol. The molecule has 0 aliphatic heterocycles. The summed E-state index contributed by atoms with van der Waals surface area (Å²) < 4.78 is 21.2. The van der Waals surface area contributed by atoms with Gasteiger partial charge in [0.05, 0.1) is 0 Å². The molecule has 0 radical (unpaired) electrons. The summed E-state index contributed by atoms with van der Waals surface area (Å²) in [6.45, 7) is 9.92. The van der Waals surface area contributed by atoms with Gasteiger partial charge in [0, 0.05) is 26.4 Å². The van der Waals surface area contributed by atoms with Gasteiger partial charge in [-0.05, 0) is 27.7 Å². The lowest BCUT2D eigenvalue weighted by Gasteiger charge is -2.24. The third-order valence-corrected chi connectivity index (χ3v) is 1.54. The van der Waals surface area contributed by atoms with Crippen LogP contribution in [-0.4, -0.2) is 39.3 Å². The lowest BCUT2D eigenvalue weighted by Crippen LogP contribution is -2.44. The SMILES string of the molecule is CCOC(NC(OCC)OCC)OCC. The lowest BCUT2D eigenvalue weighted by atomic mass is 10.8. The van der Waals surface area contributed by atoms with Crippen LogP contribution < -0.4 is 5.32 Å². The first-order valence-electron chi connectivity index (χ1n) is 5.50. The van der Waals surface area contributed by atoms with Crippen LogP contribution in [0.5, 0.6) is 0 Å². The van der Waals surface area contributed by atoms with Gasteiger partial charge in [-0.1, -0.05) is 0 Å². The first kappa shape index (κ1) is 14.8. The zero-order valence-electron chi connectivity index (χ0n) is 10.1. The van der Waals surface area contributed by atoms with E-state index in [1.807, 2.05) is 27.7 Å². The second kappa shape index (κ2) is 10.3. The van der Waals surface area contributed by atoms with Crippen molar-refractivity contribution in [3.8, 4) is 0 Å². The second-order valence-electron chi connectivity index (χ2n) is 2.65. The number of ether oxygens (including phenoxy) is 4. The van der Waals surface area contributed by atoms with Gasteiger partial charge in [-0.3, -0.25) is 0 Å². The molecule has 0 atom stereocenters. The largest absolute Gasteiger partial charge is 0.340 e. The van der Waals surface area contributed by atoms with Crippen molar-refractivity contribution in [1.29, 1.82) is 0 Å². The minimum atomic E-state index is -0.483. The first-order valence-corrected chi connectivity index (χ1v) is 5.50. The van der Waals surface area contributed by atoms with E-state index in [1.165, 1.54) is 0 Å². The number of hydrogen-bond acceptors (Lipinski definition) is 5. The average molecular weight is 221 g/mol. The quantitative estimate of drug-likeness (QED) is 0.563. The fourth-order valence-electron chi connectivity index (χ4n) is 1.01. The van der Waals surface area contributed by atoms with Gasteiger partial charge < -0.3 is 18.9 Å². The molecular formula is C10H23NO4. The van der Waals surface area contributed by atoms with Crippen LogP contribution in [0.2, 0.25) is 0 Å². The maximum absolute atomic E-state index is 5.31. The minimum absolute atomic E-state index is 0.483. The molecule has 0 aliphatic rings. The van der Waals surface area contributed by atoms with Gasteiger partial charge in [-0.15, -0.1) is 0 Å². The zero-order chi connectivity index (χ0) is 11.5. The van der Waals surface area contributed by atoms with Gasteiger partial charge in [-0.25, -0.2) is 5.32 Å². The summed E-state index contributed by atoms with van der Waals surface area (Å²) in [6.07, 6.45) is -0.966. The van der Waals surface area contributed by atoms with Gasteiger partial charge in [0.2, 0.25) is 12.8 Å². The standard InChI is InChI=1S/C10H23NO4/c1-5-12-9(13-6-2)11-10(14-7-3)15-8-4/h9-11H,5-8H2,1-4H3. The molecule has 0 spiro atoms. The Labute approximate surface area is 92.0 Å². The molecule has 5 heteroatoms. The summed E-state index contributed by atoms with van der Waals surface area (Å²) in [6, 6.07) is 0. The molecule has 0 fully saturated rings. The van der Waals surface area contributed by atoms with Crippen molar-refractivity contribution in [2.75, 3.05) is 26.4 Å². The summed E-state index contributed by atoms with van der Waals surface area (Å²) >= 11 is 0. The molecule has 0 aliphatic carbocycles. The Morgan fingerprint density at radius 1 is 0.667 bits per heavy atom. The highest BCUT2D eigenvalue weighted by Crippen LogP contribution is 1.97. The Balaban J connectivity index is 3.93. The number of rotatable bonds is 10. The Hall–Kier alpha value is -0.200. The van der Waals surface area contributed by atoms with Crippen molar-refractivity contribution in [2.45, 2.75) is 40.5 Å². The van der Waals surface area contributed by atoms with E-state index in [2.05, 4.69) is 5.32 Å². The molecule has 0 aromatic heterocycles. The van der Waals surface area contributed by atoms with Crippen molar-refractivity contribution in [2.24, 2.45) is 0 Å². The number of nitrogens with one attached hydrogen (secondary N) is 1. The molecule has 0 saturated carbocycles. The van der Waals surface area contributed by atoms with E-state index in [4.69, 9.17) is 18.9 Å². The topological polar surface area (TPSA) is 49.0 Å². The second-order valence-corrected chi connectivity index (χ2v) is 2.65. The molecule has 0 rings (SSSR count). The first-order chi connectivity index (χ1) is 7.28. The molecule has 0 saturated heterocycles. The molecule has 15 heavy (non-hydrogen) atoms. The molecule has 0 bridgehead atoms. The van der Waals surface area contributed by atoms with Crippen molar-refractivity contribution >= 4 is 0 Å². The summed E-state index contributed by atoms with van der Waals surface area (Å²) in [7, 11) is 0. The zero-order valence-corrected chi connectivity index (χ0v) is 10.1. The minimum Gasteiger partial charge on any atom is -0.340 e. The van der Waals surface area contributed by atoms with Crippen molar-refractivity contribution in [3.63, 3.8) is 0 Å². The maximum Gasteiger partial charge on any atom is 0.219 e. The highest BCUT2D eigenvalue weighted by Gasteiger charge is 2.15. The van der Waals surface area contributed by atoms with E-state index in [0.29, 0.717) is 26.4 Å². The molecule has 5 nitrogen and oxygen atoms in total. The normalized spacial score (nSPS) is 11.6. The highest BCUT2D eigenvalue weighted by atomic mass is 16.7. The van der Waals surface area contributed by atoms with E-state index in [0.717, 1.165) is 0 Å². The van der Waals surface area contributed by atoms with E-state index in [1.54, 1.807) is 0 Å². The van der Waals surface area contributed by atoms with Crippen LogP contribution >= 0.6 is 0 Å². The van der Waals surface area contributed by atoms with Crippen LogP contribution in [0.15, 0.2) is 0 Å². The van der Waals surface area contributed by atoms with Crippen LogP contribution in [0.25, 0.3) is 0 Å². The van der Waals surface area contributed by atoms with E-state index < -0.39 is 12.8 Å². The van der Waals surface area contributed by atoms with Crippen molar-refractivity contribution in [3.05, 3.63) is 0 Å². The molecule has 0 unspecified atom stereocenters. The van der Waals surface area contributed by atoms with Crippen LogP contribution in [0.1, 0.15) is 27.7 Å². The Morgan fingerprint density at radius 3 is 1.13 bits per heavy atom. The summed E-state index contributed by atoms with van der Waals surface area (Å²) in [4.78, 5) is 0. The third-order valence-electron chi connectivity index (χ3n) is 1.54. The Kier molecular flexibility index (Phi) is 10.2. The van der Waals surface area contributed by atoms with Gasteiger partial charge in [-0.2, -0.15) is 0 Å². The maximum atomic E-state index is 5.31. The lowest BCUT2D eigenvalue weighted by molar-refractivity contribution is -0.232. The predicted molar refractivity (Wildman–Crippen MR) is 57.2 cm³/mol. The molecule has 0 heterocycles. The Morgan fingerprint density at radius 2 is 0.933 bits per heavy atom. The highest BCUT2D eigenvalue weighted by molar-refractivity contribution is 4.43. The van der Waals surface area contributed by atoms with Crippen LogP contribution in [0.3, 0.4) is 0 Å². The van der Waals surface area contributed by atoms with E-state index in [-0.39, 0.29) is 0 Å². The molecule has 0 amide bonds. The van der Waals surface area contributed by atoms with Gasteiger partial charge in [0.1, 0.15) is 0 Å².